The van der Waals surface area contributed by atoms with Crippen molar-refractivity contribution in [3.63, 3.8) is 0 Å². The fourth-order valence-corrected chi connectivity index (χ4v) is 3.86. The maximum Gasteiger partial charge on any atom is 0.264 e. The summed E-state index contributed by atoms with van der Waals surface area (Å²) in [5.74, 6) is -0.241. The second kappa shape index (κ2) is 9.09. The van der Waals surface area contributed by atoms with Crippen LogP contribution in [0.15, 0.2) is 65.4 Å². The van der Waals surface area contributed by atoms with Gasteiger partial charge in [0.1, 0.15) is 18.1 Å². The first-order valence-electron chi connectivity index (χ1n) is 10.7. The Balaban J connectivity index is 1.38. The summed E-state index contributed by atoms with van der Waals surface area (Å²) in [6.45, 7) is 1.50. The van der Waals surface area contributed by atoms with Crippen LogP contribution >= 0.6 is 0 Å². The zero-order valence-electron chi connectivity index (χ0n) is 18.5. The Morgan fingerprint density at radius 1 is 1.14 bits per heavy atom. The molecule has 1 aromatic carbocycles. The Bertz CT molecular complexity index is 1510. The fraction of sp³-hybridized carbons (Fsp3) is 0.167. The van der Waals surface area contributed by atoms with E-state index in [9.17, 15) is 18.0 Å². The zero-order chi connectivity index (χ0) is 24.5. The zero-order valence-corrected chi connectivity index (χ0v) is 18.5. The van der Waals surface area contributed by atoms with Crippen molar-refractivity contribution >= 4 is 22.8 Å². The third kappa shape index (κ3) is 4.52. The lowest BCUT2D eigenvalue weighted by Crippen LogP contribution is -2.20. The van der Waals surface area contributed by atoms with Crippen LogP contribution in [-0.4, -0.2) is 30.5 Å². The minimum Gasteiger partial charge on any atom is -0.463 e. The Hall–Kier alpha value is -4.41. The molecule has 0 bridgehead atoms. The number of nitrogens with one attached hydrogen (secondary N) is 1. The number of aryl methyl sites for hydroxylation is 1. The molecule has 0 radical (unpaired) electrons. The van der Waals surface area contributed by atoms with Gasteiger partial charge in [0.15, 0.2) is 17.2 Å². The van der Waals surface area contributed by atoms with Gasteiger partial charge in [0.2, 0.25) is 5.91 Å². The second-order valence-corrected chi connectivity index (χ2v) is 7.85. The molecular weight excluding hydrogens is 461 g/mol. The molecule has 178 valence electrons. The molecule has 4 aromatic heterocycles. The van der Waals surface area contributed by atoms with Crippen molar-refractivity contribution in [2.24, 2.45) is 0 Å². The average molecular weight is 480 g/mol. The third-order valence-electron chi connectivity index (χ3n) is 5.41. The van der Waals surface area contributed by atoms with Crippen LogP contribution in [0.2, 0.25) is 0 Å². The van der Waals surface area contributed by atoms with Crippen molar-refractivity contribution in [3.8, 4) is 11.5 Å². The van der Waals surface area contributed by atoms with Crippen LogP contribution in [0.1, 0.15) is 23.2 Å². The van der Waals surface area contributed by atoms with E-state index in [-0.39, 0.29) is 47.0 Å². The van der Waals surface area contributed by atoms with Gasteiger partial charge in [0.25, 0.3) is 6.43 Å². The van der Waals surface area contributed by atoms with Crippen molar-refractivity contribution in [1.29, 1.82) is 0 Å². The summed E-state index contributed by atoms with van der Waals surface area (Å²) < 4.78 is 49.6. The quantitative estimate of drug-likeness (QED) is 0.356. The maximum absolute atomic E-state index is 13.9. The van der Waals surface area contributed by atoms with E-state index >= 15 is 0 Å². The lowest BCUT2D eigenvalue weighted by molar-refractivity contribution is -0.116. The highest BCUT2D eigenvalue weighted by molar-refractivity contribution is 5.91. The van der Waals surface area contributed by atoms with Gasteiger partial charge >= 0.3 is 0 Å². The fourth-order valence-electron chi connectivity index (χ4n) is 3.86. The van der Waals surface area contributed by atoms with Gasteiger partial charge < -0.3 is 9.73 Å². The molecule has 0 aliphatic heterocycles. The number of amides is 1. The van der Waals surface area contributed by atoms with Crippen molar-refractivity contribution in [3.05, 3.63) is 83.6 Å². The molecular formula is C24H19F3N6O2. The smallest absolute Gasteiger partial charge is 0.264 e. The number of fused-ring (bicyclic) bond motifs is 1. The lowest BCUT2D eigenvalue weighted by Gasteiger charge is -2.07. The number of halogens is 3. The van der Waals surface area contributed by atoms with Crippen molar-refractivity contribution in [1.82, 2.24) is 24.5 Å². The molecule has 0 saturated carbocycles. The number of hydrogen-bond donors (Lipinski definition) is 1. The Kier molecular flexibility index (Phi) is 5.81. The van der Waals surface area contributed by atoms with E-state index in [2.05, 4.69) is 20.5 Å². The first kappa shape index (κ1) is 22.4. The molecule has 0 fully saturated rings. The number of pyridine rings is 1. The van der Waals surface area contributed by atoms with Crippen LogP contribution in [0.5, 0.6) is 0 Å². The molecule has 0 unspecified atom stereocenters. The molecule has 4 heterocycles. The van der Waals surface area contributed by atoms with E-state index in [4.69, 9.17) is 4.42 Å². The summed E-state index contributed by atoms with van der Waals surface area (Å²) in [7, 11) is 0. The van der Waals surface area contributed by atoms with Crippen LogP contribution in [0.3, 0.4) is 0 Å². The first-order chi connectivity index (χ1) is 16.9. The number of aromatic nitrogens is 5. The van der Waals surface area contributed by atoms with Gasteiger partial charge in [-0.2, -0.15) is 10.2 Å². The molecule has 1 amide bonds. The van der Waals surface area contributed by atoms with E-state index in [1.165, 1.54) is 27.8 Å². The van der Waals surface area contributed by atoms with Crippen LogP contribution in [-0.2, 0) is 17.9 Å². The highest BCUT2D eigenvalue weighted by Gasteiger charge is 2.22. The van der Waals surface area contributed by atoms with E-state index in [0.29, 0.717) is 17.0 Å². The molecule has 0 aliphatic rings. The minimum absolute atomic E-state index is 0.145. The van der Waals surface area contributed by atoms with Gasteiger partial charge in [-0.1, -0.05) is 18.2 Å². The van der Waals surface area contributed by atoms with Crippen LogP contribution in [0.4, 0.5) is 19.0 Å². The van der Waals surface area contributed by atoms with Gasteiger partial charge in [-0.25, -0.2) is 22.8 Å². The molecule has 1 N–H and O–H groups in total. The van der Waals surface area contributed by atoms with E-state index in [1.807, 2.05) is 0 Å². The summed E-state index contributed by atoms with van der Waals surface area (Å²) in [4.78, 5) is 17.2. The molecule has 0 atom stereocenters. The number of alkyl halides is 2. The van der Waals surface area contributed by atoms with Gasteiger partial charge in [-0.05, 0) is 31.2 Å². The predicted molar refractivity (Wildman–Crippen MR) is 121 cm³/mol. The van der Waals surface area contributed by atoms with Crippen LogP contribution < -0.4 is 5.32 Å². The molecule has 0 saturated heterocycles. The lowest BCUT2D eigenvalue weighted by atomic mass is 10.1. The molecule has 5 aromatic rings. The van der Waals surface area contributed by atoms with E-state index in [0.717, 1.165) is 0 Å². The topological polar surface area (TPSA) is 90.8 Å². The number of anilines is 1. The summed E-state index contributed by atoms with van der Waals surface area (Å²) in [5.41, 5.74) is 0.909. The third-order valence-corrected chi connectivity index (χ3v) is 5.41. The largest absolute Gasteiger partial charge is 0.463 e. The van der Waals surface area contributed by atoms with E-state index in [1.54, 1.807) is 49.5 Å². The predicted octanol–water partition coefficient (Wildman–Crippen LogP) is 4.96. The summed E-state index contributed by atoms with van der Waals surface area (Å²) in [6.07, 6.45) is 0.268. The van der Waals surface area contributed by atoms with Gasteiger partial charge in [0.05, 0.1) is 23.9 Å². The second-order valence-electron chi connectivity index (χ2n) is 7.85. The summed E-state index contributed by atoms with van der Waals surface area (Å²) in [6, 6.07) is 12.4. The highest BCUT2D eigenvalue weighted by atomic mass is 19.3. The molecule has 5 rings (SSSR count). The summed E-state index contributed by atoms with van der Waals surface area (Å²) >= 11 is 0. The van der Waals surface area contributed by atoms with Gasteiger partial charge in [-0.15, -0.1) is 0 Å². The number of carbonyl (C=O) groups excluding carboxylic acids is 1. The van der Waals surface area contributed by atoms with E-state index < -0.39 is 12.3 Å². The number of rotatable bonds is 7. The Labute approximate surface area is 197 Å². The SMILES string of the molecule is Cc1nn(CC(=O)Nc2ccn(Cc3ccccc3F)n2)c2nc(-c3ccco3)cc(C(F)F)c12. The average Bonchev–Trinajstić information content (AvgIpc) is 3.57. The van der Waals surface area contributed by atoms with Crippen molar-refractivity contribution in [2.45, 2.75) is 26.4 Å². The molecule has 8 nitrogen and oxygen atoms in total. The normalized spacial score (nSPS) is 11.5. The van der Waals surface area contributed by atoms with Crippen LogP contribution in [0, 0.1) is 12.7 Å². The highest BCUT2D eigenvalue weighted by Crippen LogP contribution is 2.33. The first-order valence-corrected chi connectivity index (χ1v) is 10.7. The minimum atomic E-state index is -2.77. The Morgan fingerprint density at radius 2 is 1.97 bits per heavy atom. The number of furan rings is 1. The Morgan fingerprint density at radius 3 is 2.71 bits per heavy atom. The number of benzene rings is 1. The van der Waals surface area contributed by atoms with Gasteiger partial charge in [-0.3, -0.25) is 9.48 Å². The molecule has 0 spiro atoms. The number of hydrogen-bond acceptors (Lipinski definition) is 5. The van der Waals surface area contributed by atoms with Crippen LogP contribution in [0.25, 0.3) is 22.5 Å². The maximum atomic E-state index is 13.9. The van der Waals surface area contributed by atoms with Crippen molar-refractivity contribution < 1.29 is 22.4 Å². The molecule has 11 heteroatoms. The number of carbonyl (C=O) groups is 1. The standard InChI is InChI=1S/C24H19F3N6O2/c1-14-22-16(23(26)27)11-18(19-7-4-10-35-19)28-24(22)33(30-14)13-21(34)29-20-8-9-32(31-20)12-15-5-2-3-6-17(15)25/h2-11,23H,12-13H2,1H3,(H,29,31,34). The molecule has 35 heavy (non-hydrogen) atoms. The van der Waals surface area contributed by atoms with Gasteiger partial charge in [0, 0.05) is 23.4 Å². The van der Waals surface area contributed by atoms with Crippen molar-refractivity contribution in [2.75, 3.05) is 5.32 Å². The number of nitrogens with zero attached hydrogens (tertiary/aromatic N) is 5. The molecule has 0 aliphatic carbocycles. The summed E-state index contributed by atoms with van der Waals surface area (Å²) in [5, 5.41) is 11.3. The monoisotopic (exact) mass is 480 g/mol.